The van der Waals surface area contributed by atoms with E-state index in [4.69, 9.17) is 4.74 Å². The summed E-state index contributed by atoms with van der Waals surface area (Å²) in [6.45, 7) is 4.25. The molecule has 5 heteroatoms. The maximum atomic E-state index is 14.8. The Morgan fingerprint density at radius 2 is 1.44 bits per heavy atom. The number of halogens is 4. The summed E-state index contributed by atoms with van der Waals surface area (Å²) < 4.78 is 61.3. The number of epoxide rings is 1. The number of rotatable bonds is 9. The predicted octanol–water partition coefficient (Wildman–Crippen LogP) is 9.35. The van der Waals surface area contributed by atoms with E-state index in [1.807, 2.05) is 0 Å². The van der Waals surface area contributed by atoms with Crippen LogP contribution in [0.3, 0.4) is 0 Å². The first-order valence-electron chi connectivity index (χ1n) is 13.8. The summed E-state index contributed by atoms with van der Waals surface area (Å²) in [5.74, 6) is 1.93. The van der Waals surface area contributed by atoms with Gasteiger partial charge in [0.1, 0.15) is 11.9 Å². The highest BCUT2D eigenvalue weighted by atomic mass is 19.4. The predicted molar refractivity (Wildman–Crippen MR) is 128 cm³/mol. The van der Waals surface area contributed by atoms with Crippen molar-refractivity contribution in [2.75, 3.05) is 6.61 Å². The third-order valence-corrected chi connectivity index (χ3v) is 9.05. The molecule has 0 amide bonds. The second-order valence-electron chi connectivity index (χ2n) is 11.4. The molecule has 4 rings (SSSR count). The number of hydrogen-bond donors (Lipinski definition) is 0. The summed E-state index contributed by atoms with van der Waals surface area (Å²) in [4.78, 5) is 0. The third-order valence-electron chi connectivity index (χ3n) is 9.05. The second kappa shape index (κ2) is 11.3. The molecule has 0 bridgehead atoms. The van der Waals surface area contributed by atoms with Crippen LogP contribution >= 0.6 is 0 Å². The van der Waals surface area contributed by atoms with Crippen molar-refractivity contribution in [3.8, 4) is 0 Å². The number of unbranched alkanes of at least 4 members (excludes halogenated alkanes) is 2. The van der Waals surface area contributed by atoms with Gasteiger partial charge in [-0.05, 0) is 80.2 Å². The van der Waals surface area contributed by atoms with E-state index in [-0.39, 0.29) is 11.1 Å². The summed E-state index contributed by atoms with van der Waals surface area (Å²) >= 11 is 0. The Hall–Kier alpha value is -1.10. The second-order valence-corrected chi connectivity index (χ2v) is 11.4. The smallest absolute Gasteiger partial charge is 0.368 e. The topological polar surface area (TPSA) is 12.5 Å². The van der Waals surface area contributed by atoms with Gasteiger partial charge in [0, 0.05) is 5.56 Å². The van der Waals surface area contributed by atoms with Crippen LogP contribution in [0, 0.1) is 36.4 Å². The minimum Gasteiger partial charge on any atom is -0.368 e. The number of aryl methyl sites for hydroxylation is 1. The van der Waals surface area contributed by atoms with E-state index in [0.29, 0.717) is 24.5 Å². The standard InChI is InChI=1S/C29H42F4O/c1-3-4-5-6-20-7-12-22(13-8-20)23-14-9-21(10-15-23)11-16-24-19(2)17-25(26-18-34-26)28(30)27(24)29(31,32)33/h17,20-23,26H,3-16,18H2,1-2H3. The molecule has 0 aromatic heterocycles. The van der Waals surface area contributed by atoms with Gasteiger partial charge >= 0.3 is 6.18 Å². The molecule has 0 N–H and O–H groups in total. The van der Waals surface area contributed by atoms with Gasteiger partial charge in [-0.15, -0.1) is 0 Å². The van der Waals surface area contributed by atoms with Crippen molar-refractivity contribution in [2.24, 2.45) is 23.7 Å². The average molecular weight is 483 g/mol. The Labute approximate surface area is 203 Å². The summed E-state index contributed by atoms with van der Waals surface area (Å²) in [7, 11) is 0. The van der Waals surface area contributed by atoms with E-state index >= 15 is 0 Å². The van der Waals surface area contributed by atoms with E-state index in [1.165, 1.54) is 64.2 Å². The lowest BCUT2D eigenvalue weighted by Crippen LogP contribution is -2.26. The Bertz CT molecular complexity index is 797. The van der Waals surface area contributed by atoms with Gasteiger partial charge in [0.2, 0.25) is 0 Å². The summed E-state index contributed by atoms with van der Waals surface area (Å²) in [5, 5.41) is 0. The highest BCUT2D eigenvalue weighted by Gasteiger charge is 2.41. The van der Waals surface area contributed by atoms with Crippen molar-refractivity contribution >= 4 is 0 Å². The van der Waals surface area contributed by atoms with Gasteiger partial charge in [0.15, 0.2) is 0 Å². The van der Waals surface area contributed by atoms with Gasteiger partial charge in [0.25, 0.3) is 0 Å². The molecule has 1 heterocycles. The van der Waals surface area contributed by atoms with E-state index in [0.717, 1.165) is 37.0 Å². The zero-order chi connectivity index (χ0) is 24.3. The number of benzene rings is 1. The van der Waals surface area contributed by atoms with E-state index in [9.17, 15) is 17.6 Å². The third kappa shape index (κ3) is 6.36. The molecule has 1 aromatic rings. The lowest BCUT2D eigenvalue weighted by Gasteiger charge is -2.38. The quantitative estimate of drug-likeness (QED) is 0.194. The Balaban J connectivity index is 1.28. The molecule has 1 atom stereocenters. The minimum absolute atomic E-state index is 0.0640. The van der Waals surface area contributed by atoms with Gasteiger partial charge in [-0.1, -0.05) is 64.4 Å². The zero-order valence-corrected chi connectivity index (χ0v) is 21.0. The van der Waals surface area contributed by atoms with Crippen molar-refractivity contribution in [3.63, 3.8) is 0 Å². The maximum absolute atomic E-state index is 14.8. The number of alkyl halides is 3. The van der Waals surface area contributed by atoms with Crippen LogP contribution in [0.1, 0.15) is 119 Å². The lowest BCUT2D eigenvalue weighted by atomic mass is 9.68. The first kappa shape index (κ1) is 26.0. The van der Waals surface area contributed by atoms with Crippen LogP contribution in [0.2, 0.25) is 0 Å². The zero-order valence-electron chi connectivity index (χ0n) is 21.0. The fraction of sp³-hybridized carbons (Fsp3) is 0.793. The molecule has 2 saturated carbocycles. The van der Waals surface area contributed by atoms with Crippen LogP contribution in [0.15, 0.2) is 6.07 Å². The summed E-state index contributed by atoms with van der Waals surface area (Å²) in [6, 6.07) is 1.58. The van der Waals surface area contributed by atoms with Gasteiger partial charge in [-0.3, -0.25) is 0 Å². The average Bonchev–Trinajstić information content (AvgIpc) is 3.65. The van der Waals surface area contributed by atoms with Gasteiger partial charge < -0.3 is 4.74 Å². The van der Waals surface area contributed by atoms with Crippen molar-refractivity contribution < 1.29 is 22.3 Å². The number of ether oxygens (including phenoxy) is 1. The summed E-state index contributed by atoms with van der Waals surface area (Å²) in [6.07, 6.45) is 11.5. The van der Waals surface area contributed by atoms with E-state index in [1.54, 1.807) is 13.0 Å². The largest absolute Gasteiger partial charge is 0.419 e. The first-order valence-corrected chi connectivity index (χ1v) is 13.8. The molecule has 3 fully saturated rings. The normalized spacial score (nSPS) is 29.9. The minimum atomic E-state index is -4.68. The van der Waals surface area contributed by atoms with Crippen LogP contribution in [-0.2, 0) is 17.3 Å². The molecule has 1 nitrogen and oxygen atoms in total. The fourth-order valence-corrected chi connectivity index (χ4v) is 6.87. The molecule has 0 spiro atoms. The molecule has 1 aliphatic heterocycles. The molecule has 34 heavy (non-hydrogen) atoms. The van der Waals surface area contributed by atoms with Crippen molar-refractivity contribution in [3.05, 3.63) is 34.1 Å². The van der Waals surface area contributed by atoms with Crippen molar-refractivity contribution in [1.29, 1.82) is 0 Å². The molecule has 192 valence electrons. The lowest BCUT2D eigenvalue weighted by molar-refractivity contribution is -0.140. The van der Waals surface area contributed by atoms with Crippen LogP contribution in [0.4, 0.5) is 17.6 Å². The highest BCUT2D eigenvalue weighted by Crippen LogP contribution is 2.45. The molecule has 1 unspecified atom stereocenters. The molecule has 3 aliphatic rings. The van der Waals surface area contributed by atoms with E-state index in [2.05, 4.69) is 6.92 Å². The molecule has 1 aromatic carbocycles. The van der Waals surface area contributed by atoms with Crippen LogP contribution in [0.5, 0.6) is 0 Å². The first-order chi connectivity index (χ1) is 16.3. The van der Waals surface area contributed by atoms with Crippen LogP contribution < -0.4 is 0 Å². The molecule has 2 aliphatic carbocycles. The van der Waals surface area contributed by atoms with Crippen LogP contribution in [-0.4, -0.2) is 6.61 Å². The highest BCUT2D eigenvalue weighted by molar-refractivity contribution is 5.43. The maximum Gasteiger partial charge on any atom is 0.419 e. The molecule has 1 saturated heterocycles. The fourth-order valence-electron chi connectivity index (χ4n) is 6.87. The van der Waals surface area contributed by atoms with Gasteiger partial charge in [-0.25, -0.2) is 4.39 Å². The Kier molecular flexibility index (Phi) is 8.64. The van der Waals surface area contributed by atoms with Gasteiger partial charge in [0.05, 0.1) is 12.2 Å². The molecular formula is C29H42F4O. The summed E-state index contributed by atoms with van der Waals surface area (Å²) in [5.41, 5.74) is -0.293. The number of hydrogen-bond acceptors (Lipinski definition) is 1. The molecule has 0 radical (unpaired) electrons. The Morgan fingerprint density at radius 1 is 0.882 bits per heavy atom. The van der Waals surface area contributed by atoms with Crippen molar-refractivity contribution in [2.45, 2.75) is 116 Å². The van der Waals surface area contributed by atoms with Gasteiger partial charge in [-0.2, -0.15) is 13.2 Å². The van der Waals surface area contributed by atoms with Crippen LogP contribution in [0.25, 0.3) is 0 Å². The molecular weight excluding hydrogens is 440 g/mol. The SMILES string of the molecule is CCCCCC1CCC(C2CCC(CCc3c(C)cc(C4CO4)c(F)c3C(F)(F)F)CC2)CC1. The van der Waals surface area contributed by atoms with Crippen molar-refractivity contribution in [1.82, 2.24) is 0 Å². The van der Waals surface area contributed by atoms with E-state index < -0.39 is 23.7 Å². The Morgan fingerprint density at radius 3 is 1.94 bits per heavy atom. The monoisotopic (exact) mass is 482 g/mol.